The number of amides is 1. The number of halogens is 2. The standard InChI is InChI=1S/C30H29ClFNO4/c1-18(2)17-37-25-13-8-22(16-19(25)3)28(34)26-27(21-6-11-24(32)12-7-21)33(30(36)29(26)35)15-14-20-4-9-23(31)10-5-20/h4-13,16,18,27,34H,14-15,17H2,1-3H3/b28-26-. The van der Waals surface area contributed by atoms with E-state index in [0.717, 1.165) is 11.1 Å². The molecule has 1 aliphatic rings. The van der Waals surface area contributed by atoms with Gasteiger partial charge in [0.1, 0.15) is 17.3 Å². The second kappa shape index (κ2) is 11.2. The summed E-state index contributed by atoms with van der Waals surface area (Å²) in [6, 6.07) is 17.1. The molecule has 4 rings (SSSR count). The van der Waals surface area contributed by atoms with E-state index in [1.165, 1.54) is 29.2 Å². The molecule has 3 aromatic rings. The number of nitrogens with zero attached hydrogens (tertiary/aromatic N) is 1. The topological polar surface area (TPSA) is 66.8 Å². The maximum Gasteiger partial charge on any atom is 0.295 e. The number of aliphatic hydroxyl groups is 1. The van der Waals surface area contributed by atoms with Gasteiger partial charge in [-0.05, 0) is 78.4 Å². The Morgan fingerprint density at radius 1 is 1.05 bits per heavy atom. The lowest BCUT2D eigenvalue weighted by atomic mass is 9.94. The zero-order chi connectivity index (χ0) is 26.7. The van der Waals surface area contributed by atoms with Crippen molar-refractivity contribution in [3.8, 4) is 5.75 Å². The highest BCUT2D eigenvalue weighted by atomic mass is 35.5. The molecule has 3 aromatic carbocycles. The molecule has 0 bridgehead atoms. The van der Waals surface area contributed by atoms with E-state index >= 15 is 0 Å². The van der Waals surface area contributed by atoms with Crippen LogP contribution >= 0.6 is 11.6 Å². The van der Waals surface area contributed by atoms with Gasteiger partial charge in [-0.15, -0.1) is 0 Å². The molecule has 7 heteroatoms. The molecular weight excluding hydrogens is 493 g/mol. The second-order valence-electron chi connectivity index (χ2n) is 9.61. The Hall–Kier alpha value is -3.64. The molecule has 1 unspecified atom stereocenters. The van der Waals surface area contributed by atoms with Gasteiger partial charge < -0.3 is 14.7 Å². The number of carbonyl (C=O) groups excluding carboxylic acids is 2. The largest absolute Gasteiger partial charge is 0.507 e. The van der Waals surface area contributed by atoms with E-state index < -0.39 is 23.5 Å². The summed E-state index contributed by atoms with van der Waals surface area (Å²) >= 11 is 5.98. The Morgan fingerprint density at radius 3 is 2.35 bits per heavy atom. The zero-order valence-electron chi connectivity index (χ0n) is 21.0. The van der Waals surface area contributed by atoms with Crippen molar-refractivity contribution in [1.29, 1.82) is 0 Å². The van der Waals surface area contributed by atoms with Crippen LogP contribution in [0.15, 0.2) is 72.3 Å². The highest BCUT2D eigenvalue weighted by Crippen LogP contribution is 2.40. The highest BCUT2D eigenvalue weighted by molar-refractivity contribution is 6.46. The van der Waals surface area contributed by atoms with Crippen LogP contribution in [0, 0.1) is 18.7 Å². The molecule has 1 fully saturated rings. The van der Waals surface area contributed by atoms with Gasteiger partial charge in [-0.25, -0.2) is 4.39 Å². The summed E-state index contributed by atoms with van der Waals surface area (Å²) in [6.07, 6.45) is 0.475. The number of aliphatic hydroxyl groups excluding tert-OH is 1. The molecule has 1 N–H and O–H groups in total. The van der Waals surface area contributed by atoms with Crippen LogP contribution < -0.4 is 4.74 Å². The van der Waals surface area contributed by atoms with Crippen molar-refractivity contribution in [3.05, 3.63) is 105 Å². The first kappa shape index (κ1) is 26.4. The maximum atomic E-state index is 13.7. The Morgan fingerprint density at radius 2 is 1.73 bits per heavy atom. The molecular formula is C30H29ClFNO4. The van der Waals surface area contributed by atoms with Gasteiger partial charge in [0.2, 0.25) is 0 Å². The average Bonchev–Trinajstić information content (AvgIpc) is 3.12. The monoisotopic (exact) mass is 521 g/mol. The number of hydrogen-bond acceptors (Lipinski definition) is 4. The van der Waals surface area contributed by atoms with Crippen molar-refractivity contribution >= 4 is 29.1 Å². The third-order valence-corrected chi connectivity index (χ3v) is 6.55. The molecule has 0 aromatic heterocycles. The Balaban J connectivity index is 1.72. The first-order chi connectivity index (χ1) is 17.7. The Kier molecular flexibility index (Phi) is 7.98. The van der Waals surface area contributed by atoms with Crippen LogP contribution in [0.25, 0.3) is 5.76 Å². The van der Waals surface area contributed by atoms with E-state index in [1.807, 2.05) is 19.1 Å². The van der Waals surface area contributed by atoms with Gasteiger partial charge in [0.15, 0.2) is 0 Å². The molecule has 0 saturated carbocycles. The number of Topliss-reactive ketones (excluding diaryl/α,β-unsaturated/α-hetero) is 1. The van der Waals surface area contributed by atoms with Gasteiger partial charge in [0.25, 0.3) is 11.7 Å². The molecule has 192 valence electrons. The number of benzene rings is 3. The SMILES string of the molecule is Cc1cc(/C(O)=C2/C(=O)C(=O)N(CCc3ccc(Cl)cc3)C2c2ccc(F)cc2)ccc1OCC(C)C. The maximum absolute atomic E-state index is 13.7. The quantitative estimate of drug-likeness (QED) is 0.209. The zero-order valence-corrected chi connectivity index (χ0v) is 21.8. The fraction of sp³-hybridized carbons (Fsp3) is 0.267. The number of ketones is 1. The second-order valence-corrected chi connectivity index (χ2v) is 10.0. The number of likely N-dealkylation sites (tertiary alicyclic amines) is 1. The van der Waals surface area contributed by atoms with Crippen LogP contribution in [0.3, 0.4) is 0 Å². The first-order valence-electron chi connectivity index (χ1n) is 12.2. The summed E-state index contributed by atoms with van der Waals surface area (Å²) in [5.41, 5.74) is 2.64. The van der Waals surface area contributed by atoms with E-state index in [9.17, 15) is 19.1 Å². The molecule has 37 heavy (non-hydrogen) atoms. The third kappa shape index (κ3) is 5.86. The van der Waals surface area contributed by atoms with Crippen LogP contribution in [0.2, 0.25) is 5.02 Å². The summed E-state index contributed by atoms with van der Waals surface area (Å²) in [5, 5.41) is 11.9. The Labute approximate surface area is 221 Å². The van der Waals surface area contributed by atoms with E-state index in [1.54, 1.807) is 30.3 Å². The summed E-state index contributed by atoms with van der Waals surface area (Å²) < 4.78 is 19.5. The third-order valence-electron chi connectivity index (χ3n) is 6.30. The van der Waals surface area contributed by atoms with Crippen molar-refractivity contribution in [3.63, 3.8) is 0 Å². The normalized spacial score (nSPS) is 17.0. The van der Waals surface area contributed by atoms with Crippen molar-refractivity contribution in [2.75, 3.05) is 13.2 Å². The predicted octanol–water partition coefficient (Wildman–Crippen LogP) is 6.49. The average molecular weight is 522 g/mol. The minimum absolute atomic E-state index is 0.0250. The Bertz CT molecular complexity index is 1330. The van der Waals surface area contributed by atoms with Gasteiger partial charge in [-0.1, -0.05) is 49.7 Å². The molecule has 0 radical (unpaired) electrons. The number of ether oxygens (including phenoxy) is 1. The molecule has 0 spiro atoms. The number of hydrogen-bond donors (Lipinski definition) is 1. The summed E-state index contributed by atoms with van der Waals surface area (Å²) in [4.78, 5) is 27.8. The summed E-state index contributed by atoms with van der Waals surface area (Å²) in [5.74, 6) is -1.16. The van der Waals surface area contributed by atoms with Gasteiger partial charge in [-0.2, -0.15) is 0 Å². The summed E-state index contributed by atoms with van der Waals surface area (Å²) in [7, 11) is 0. The number of rotatable bonds is 8. The fourth-order valence-electron chi connectivity index (χ4n) is 4.37. The van der Waals surface area contributed by atoms with Crippen LogP contribution in [0.1, 0.15) is 42.1 Å². The summed E-state index contributed by atoms with van der Waals surface area (Å²) in [6.45, 7) is 6.74. The van der Waals surface area contributed by atoms with Crippen LogP contribution in [0.4, 0.5) is 4.39 Å². The molecule has 1 atom stereocenters. The molecule has 1 aliphatic heterocycles. The molecule has 5 nitrogen and oxygen atoms in total. The smallest absolute Gasteiger partial charge is 0.295 e. The fourth-order valence-corrected chi connectivity index (χ4v) is 4.50. The lowest BCUT2D eigenvalue weighted by Gasteiger charge is -2.25. The highest BCUT2D eigenvalue weighted by Gasteiger charge is 2.45. The van der Waals surface area contributed by atoms with Crippen molar-refractivity contribution in [2.45, 2.75) is 33.2 Å². The number of carbonyl (C=O) groups is 2. The molecule has 1 amide bonds. The van der Waals surface area contributed by atoms with Gasteiger partial charge >= 0.3 is 0 Å². The number of aryl methyl sites for hydroxylation is 1. The molecule has 0 aliphatic carbocycles. The van der Waals surface area contributed by atoms with E-state index in [-0.39, 0.29) is 17.9 Å². The van der Waals surface area contributed by atoms with Crippen molar-refractivity contribution < 1.29 is 23.8 Å². The lowest BCUT2D eigenvalue weighted by Crippen LogP contribution is -2.31. The molecule has 1 saturated heterocycles. The first-order valence-corrected chi connectivity index (χ1v) is 12.6. The van der Waals surface area contributed by atoms with Gasteiger partial charge in [-0.3, -0.25) is 9.59 Å². The minimum atomic E-state index is -0.856. The van der Waals surface area contributed by atoms with Crippen molar-refractivity contribution in [2.24, 2.45) is 5.92 Å². The minimum Gasteiger partial charge on any atom is -0.507 e. The van der Waals surface area contributed by atoms with Crippen molar-refractivity contribution in [1.82, 2.24) is 4.90 Å². The van der Waals surface area contributed by atoms with Gasteiger partial charge in [0, 0.05) is 17.1 Å². The predicted molar refractivity (Wildman–Crippen MR) is 142 cm³/mol. The lowest BCUT2D eigenvalue weighted by molar-refractivity contribution is -0.139. The molecule has 1 heterocycles. The van der Waals surface area contributed by atoms with Crippen LogP contribution in [0.5, 0.6) is 5.75 Å². The van der Waals surface area contributed by atoms with E-state index in [0.29, 0.717) is 40.8 Å². The van der Waals surface area contributed by atoms with Gasteiger partial charge in [0.05, 0.1) is 18.2 Å². The van der Waals surface area contributed by atoms with Crippen LogP contribution in [-0.4, -0.2) is 34.8 Å². The van der Waals surface area contributed by atoms with E-state index in [2.05, 4.69) is 13.8 Å². The van der Waals surface area contributed by atoms with Crippen LogP contribution in [-0.2, 0) is 16.0 Å². The van der Waals surface area contributed by atoms with E-state index in [4.69, 9.17) is 16.3 Å².